The summed E-state index contributed by atoms with van der Waals surface area (Å²) in [5.41, 5.74) is 1.27. The predicted octanol–water partition coefficient (Wildman–Crippen LogP) is 1.10. The third-order valence-corrected chi connectivity index (χ3v) is 2.57. The van der Waals surface area contributed by atoms with Gasteiger partial charge in [0.2, 0.25) is 6.29 Å². The van der Waals surface area contributed by atoms with Crippen LogP contribution in [0.1, 0.15) is 13.3 Å². The van der Waals surface area contributed by atoms with Gasteiger partial charge in [0.1, 0.15) is 0 Å². The van der Waals surface area contributed by atoms with Crippen molar-refractivity contribution in [1.82, 2.24) is 0 Å². The highest BCUT2D eigenvalue weighted by Gasteiger charge is 2.46. The van der Waals surface area contributed by atoms with Crippen molar-refractivity contribution in [2.75, 3.05) is 7.11 Å². The molecule has 2 aliphatic rings. The van der Waals surface area contributed by atoms with Gasteiger partial charge in [-0.15, -0.1) is 0 Å². The minimum Gasteiger partial charge on any atom is -0.435 e. The molecule has 0 aromatic heterocycles. The zero-order valence-electron chi connectivity index (χ0n) is 7.24. The Morgan fingerprint density at radius 1 is 1.67 bits per heavy atom. The number of allylic oxidation sites excluding steroid dienone is 1. The van der Waals surface area contributed by atoms with Crippen LogP contribution in [0, 0.1) is 11.8 Å². The molecule has 3 atom stereocenters. The van der Waals surface area contributed by atoms with Crippen LogP contribution in [-0.4, -0.2) is 19.4 Å². The molecule has 0 spiro atoms. The van der Waals surface area contributed by atoms with E-state index in [1.165, 1.54) is 5.57 Å². The highest BCUT2D eigenvalue weighted by molar-refractivity contribution is 5.78. The average molecular weight is 168 g/mol. The lowest BCUT2D eigenvalue weighted by Gasteiger charge is -2.13. The first-order chi connectivity index (χ1) is 5.72. The number of cyclic esters (lactones) is 1. The molecule has 1 aliphatic carbocycles. The van der Waals surface area contributed by atoms with Crippen LogP contribution in [0.15, 0.2) is 11.6 Å². The molecule has 0 aromatic rings. The average Bonchev–Trinajstić information content (AvgIpc) is 2.52. The summed E-state index contributed by atoms with van der Waals surface area (Å²) in [5, 5.41) is 0. The van der Waals surface area contributed by atoms with E-state index in [-0.39, 0.29) is 24.1 Å². The third kappa shape index (κ3) is 0.966. The van der Waals surface area contributed by atoms with Gasteiger partial charge in [0.25, 0.3) is 0 Å². The van der Waals surface area contributed by atoms with Gasteiger partial charge in [0.05, 0.1) is 5.92 Å². The molecule has 0 N–H and O–H groups in total. The molecule has 1 heterocycles. The summed E-state index contributed by atoms with van der Waals surface area (Å²) in [4.78, 5) is 11.2. The Balaban J connectivity index is 2.20. The summed E-state index contributed by atoms with van der Waals surface area (Å²) < 4.78 is 10.1. The molecular weight excluding hydrogens is 156 g/mol. The highest BCUT2D eigenvalue weighted by Crippen LogP contribution is 2.40. The van der Waals surface area contributed by atoms with E-state index < -0.39 is 0 Å². The molecule has 3 unspecified atom stereocenters. The molecule has 0 saturated carbocycles. The molecule has 3 nitrogen and oxygen atoms in total. The van der Waals surface area contributed by atoms with Gasteiger partial charge < -0.3 is 9.47 Å². The van der Waals surface area contributed by atoms with Crippen molar-refractivity contribution < 1.29 is 14.3 Å². The van der Waals surface area contributed by atoms with Gasteiger partial charge in [-0.25, -0.2) is 0 Å². The minimum absolute atomic E-state index is 0.0463. The van der Waals surface area contributed by atoms with Crippen LogP contribution in [0.25, 0.3) is 0 Å². The van der Waals surface area contributed by atoms with Gasteiger partial charge in [-0.05, 0) is 13.3 Å². The number of methoxy groups -OCH3 is 1. The van der Waals surface area contributed by atoms with Crippen LogP contribution in [0.2, 0.25) is 0 Å². The van der Waals surface area contributed by atoms with Crippen LogP contribution < -0.4 is 0 Å². The van der Waals surface area contributed by atoms with Gasteiger partial charge in [-0.1, -0.05) is 11.6 Å². The fourth-order valence-corrected chi connectivity index (χ4v) is 2.01. The Labute approximate surface area is 71.3 Å². The Hall–Kier alpha value is -0.830. The van der Waals surface area contributed by atoms with Gasteiger partial charge >= 0.3 is 5.97 Å². The van der Waals surface area contributed by atoms with E-state index in [1.807, 2.05) is 13.0 Å². The van der Waals surface area contributed by atoms with E-state index in [4.69, 9.17) is 9.47 Å². The molecule has 0 bridgehead atoms. The number of carbonyl (C=O) groups is 1. The summed E-state index contributed by atoms with van der Waals surface area (Å²) in [6, 6.07) is 0. The molecular formula is C9H12O3. The van der Waals surface area contributed by atoms with Gasteiger partial charge in [0, 0.05) is 13.0 Å². The number of rotatable bonds is 1. The van der Waals surface area contributed by atoms with Gasteiger partial charge in [-0.3, -0.25) is 4.79 Å². The number of fused-ring (bicyclic) bond motifs is 1. The standard InChI is InChI=1S/C9H12O3/c1-5-3-6-7(4-5)9(11-2)12-8(6)10/h3,6-7,9H,4H2,1-2H3. The number of carbonyl (C=O) groups excluding carboxylic acids is 1. The van der Waals surface area contributed by atoms with Gasteiger partial charge in [0.15, 0.2) is 0 Å². The van der Waals surface area contributed by atoms with Crippen molar-refractivity contribution in [1.29, 1.82) is 0 Å². The normalized spacial score (nSPS) is 39.3. The Morgan fingerprint density at radius 3 is 3.08 bits per heavy atom. The molecule has 1 aliphatic heterocycles. The molecule has 0 aromatic carbocycles. The maximum absolute atomic E-state index is 11.2. The Morgan fingerprint density at radius 2 is 2.42 bits per heavy atom. The molecule has 2 rings (SSSR count). The highest BCUT2D eigenvalue weighted by atomic mass is 16.7. The van der Waals surface area contributed by atoms with Crippen LogP contribution >= 0.6 is 0 Å². The van der Waals surface area contributed by atoms with Crippen LogP contribution in [0.5, 0.6) is 0 Å². The molecule has 0 amide bonds. The first-order valence-corrected chi connectivity index (χ1v) is 4.13. The van der Waals surface area contributed by atoms with Crippen LogP contribution in [0.3, 0.4) is 0 Å². The molecule has 1 saturated heterocycles. The van der Waals surface area contributed by atoms with Crippen molar-refractivity contribution >= 4 is 5.97 Å². The molecule has 66 valence electrons. The monoisotopic (exact) mass is 168 g/mol. The SMILES string of the molecule is COC1OC(=O)C2C=C(C)CC12. The Kier molecular flexibility index (Phi) is 1.68. The fraction of sp³-hybridized carbons (Fsp3) is 0.667. The van der Waals surface area contributed by atoms with E-state index in [0.717, 1.165) is 6.42 Å². The summed E-state index contributed by atoms with van der Waals surface area (Å²) in [7, 11) is 1.58. The number of esters is 1. The number of hydrogen-bond acceptors (Lipinski definition) is 3. The van der Waals surface area contributed by atoms with E-state index in [9.17, 15) is 4.79 Å². The van der Waals surface area contributed by atoms with Crippen molar-refractivity contribution in [2.24, 2.45) is 11.8 Å². The largest absolute Gasteiger partial charge is 0.435 e. The van der Waals surface area contributed by atoms with E-state index in [2.05, 4.69) is 0 Å². The quantitative estimate of drug-likeness (QED) is 0.434. The van der Waals surface area contributed by atoms with Crippen LogP contribution in [0.4, 0.5) is 0 Å². The smallest absolute Gasteiger partial charge is 0.315 e. The van der Waals surface area contributed by atoms with Gasteiger partial charge in [-0.2, -0.15) is 0 Å². The first kappa shape index (κ1) is 7.80. The molecule has 0 radical (unpaired) electrons. The maximum atomic E-state index is 11.2. The van der Waals surface area contributed by atoms with E-state index in [0.29, 0.717) is 0 Å². The van der Waals surface area contributed by atoms with Crippen LogP contribution in [-0.2, 0) is 14.3 Å². The van der Waals surface area contributed by atoms with E-state index in [1.54, 1.807) is 7.11 Å². The van der Waals surface area contributed by atoms with Crippen molar-refractivity contribution in [3.63, 3.8) is 0 Å². The lowest BCUT2D eigenvalue weighted by atomic mass is 9.98. The minimum atomic E-state index is -0.323. The van der Waals surface area contributed by atoms with Crippen molar-refractivity contribution in [2.45, 2.75) is 19.6 Å². The number of hydrogen-bond donors (Lipinski definition) is 0. The molecule has 1 fully saturated rings. The third-order valence-electron chi connectivity index (χ3n) is 2.57. The zero-order valence-corrected chi connectivity index (χ0v) is 7.24. The Bertz CT molecular complexity index is 244. The lowest BCUT2D eigenvalue weighted by molar-refractivity contribution is -0.162. The van der Waals surface area contributed by atoms with E-state index >= 15 is 0 Å². The maximum Gasteiger partial charge on any atom is 0.315 e. The topological polar surface area (TPSA) is 35.5 Å². The second-order valence-electron chi connectivity index (χ2n) is 3.45. The molecule has 12 heavy (non-hydrogen) atoms. The summed E-state index contributed by atoms with van der Waals surface area (Å²) >= 11 is 0. The fourth-order valence-electron chi connectivity index (χ4n) is 2.01. The predicted molar refractivity (Wildman–Crippen MR) is 42.2 cm³/mol. The van der Waals surface area contributed by atoms with Crippen molar-refractivity contribution in [3.8, 4) is 0 Å². The van der Waals surface area contributed by atoms with Crippen molar-refractivity contribution in [3.05, 3.63) is 11.6 Å². The summed E-state index contributed by atoms with van der Waals surface area (Å²) in [6.07, 6.45) is 2.59. The number of ether oxygens (including phenoxy) is 2. The summed E-state index contributed by atoms with van der Waals surface area (Å²) in [5.74, 6) is 0.0427. The molecule has 3 heteroatoms. The summed E-state index contributed by atoms with van der Waals surface area (Å²) in [6.45, 7) is 2.04. The zero-order chi connectivity index (χ0) is 8.72. The second kappa shape index (κ2) is 2.59. The lowest BCUT2D eigenvalue weighted by Crippen LogP contribution is -2.18. The second-order valence-corrected chi connectivity index (χ2v) is 3.45. The first-order valence-electron chi connectivity index (χ1n) is 4.13.